The zero-order valence-electron chi connectivity index (χ0n) is 15.2. The summed E-state index contributed by atoms with van der Waals surface area (Å²) in [5.74, 6) is 0.0860. The lowest BCUT2D eigenvalue weighted by molar-refractivity contribution is -0.123. The fourth-order valence-corrected chi connectivity index (χ4v) is 3.36. The number of hydrogen-bond donors (Lipinski definition) is 2. The van der Waals surface area contributed by atoms with Crippen LogP contribution in [0.5, 0.6) is 5.75 Å². The molecule has 26 heavy (non-hydrogen) atoms. The van der Waals surface area contributed by atoms with Crippen molar-refractivity contribution in [1.29, 1.82) is 0 Å². The second-order valence-electron chi connectivity index (χ2n) is 6.38. The van der Waals surface area contributed by atoms with Crippen LogP contribution in [-0.2, 0) is 20.6 Å². The molecule has 2 rings (SSSR count). The second kappa shape index (κ2) is 8.82. The van der Waals surface area contributed by atoms with Gasteiger partial charge < -0.3 is 4.74 Å². The van der Waals surface area contributed by atoms with Gasteiger partial charge in [0.2, 0.25) is 10.0 Å². The summed E-state index contributed by atoms with van der Waals surface area (Å²) < 4.78 is 29.6. The van der Waals surface area contributed by atoms with E-state index < -0.39 is 15.9 Å². The molecular weight excluding hydrogens is 352 g/mol. The van der Waals surface area contributed by atoms with E-state index in [1.165, 1.54) is 0 Å². The smallest absolute Gasteiger partial charge is 0.272 e. The lowest BCUT2D eigenvalue weighted by atomic mass is 10.0. The first-order valence-electron chi connectivity index (χ1n) is 8.32. The van der Waals surface area contributed by atoms with Crippen molar-refractivity contribution < 1.29 is 17.9 Å². The maximum Gasteiger partial charge on any atom is 0.272 e. The Morgan fingerprint density at radius 3 is 2.46 bits per heavy atom. The number of hydrazine groups is 1. The molecule has 1 amide bonds. The van der Waals surface area contributed by atoms with E-state index >= 15 is 0 Å². The minimum atomic E-state index is -3.68. The molecule has 0 fully saturated rings. The summed E-state index contributed by atoms with van der Waals surface area (Å²) in [6, 6.07) is 14.5. The maximum atomic E-state index is 12.0. The summed E-state index contributed by atoms with van der Waals surface area (Å²) in [6.45, 7) is 5.73. The number of carbonyl (C=O) groups is 1. The van der Waals surface area contributed by atoms with Crippen LogP contribution < -0.4 is 15.0 Å². The molecule has 7 heteroatoms. The molecule has 0 spiro atoms. The Kier molecular flexibility index (Phi) is 6.76. The van der Waals surface area contributed by atoms with Crippen LogP contribution in [0.3, 0.4) is 0 Å². The van der Waals surface area contributed by atoms with Gasteiger partial charge in [-0.3, -0.25) is 10.2 Å². The Morgan fingerprint density at radius 1 is 1.12 bits per heavy atom. The first-order valence-corrected chi connectivity index (χ1v) is 9.97. The van der Waals surface area contributed by atoms with E-state index in [-0.39, 0.29) is 18.3 Å². The molecule has 0 unspecified atom stereocenters. The number of hydrogen-bond acceptors (Lipinski definition) is 4. The summed E-state index contributed by atoms with van der Waals surface area (Å²) in [5.41, 5.74) is 4.82. The van der Waals surface area contributed by atoms with Crippen molar-refractivity contribution >= 4 is 15.9 Å². The van der Waals surface area contributed by atoms with Gasteiger partial charge in [0, 0.05) is 0 Å². The number of amides is 1. The number of aryl methyl sites for hydroxylation is 1. The van der Waals surface area contributed by atoms with Crippen LogP contribution in [0.25, 0.3) is 0 Å². The first kappa shape index (κ1) is 19.9. The van der Waals surface area contributed by atoms with Crippen molar-refractivity contribution in [3.05, 3.63) is 65.2 Å². The average Bonchev–Trinajstić information content (AvgIpc) is 2.58. The highest BCUT2D eigenvalue weighted by Crippen LogP contribution is 2.27. The fraction of sp³-hybridized carbons (Fsp3) is 0.316. The number of benzene rings is 2. The largest absolute Gasteiger partial charge is 0.483 e. The van der Waals surface area contributed by atoms with Gasteiger partial charge >= 0.3 is 0 Å². The average molecular weight is 376 g/mol. The fourth-order valence-electron chi connectivity index (χ4n) is 2.39. The van der Waals surface area contributed by atoms with Crippen LogP contribution >= 0.6 is 0 Å². The Bertz CT molecular complexity index is 849. The van der Waals surface area contributed by atoms with Gasteiger partial charge in [-0.1, -0.05) is 56.3 Å². The van der Waals surface area contributed by atoms with Gasteiger partial charge in [0.05, 0.1) is 5.75 Å². The molecule has 2 aromatic rings. The van der Waals surface area contributed by atoms with E-state index in [4.69, 9.17) is 4.74 Å². The Morgan fingerprint density at radius 2 is 1.81 bits per heavy atom. The SMILES string of the molecule is Cc1ccc(C(C)C)c(OCC(=O)NNS(=O)(=O)Cc2ccccc2)c1. The van der Waals surface area contributed by atoms with E-state index in [9.17, 15) is 13.2 Å². The second-order valence-corrected chi connectivity index (χ2v) is 8.10. The molecule has 0 aliphatic carbocycles. The van der Waals surface area contributed by atoms with Crippen LogP contribution in [-0.4, -0.2) is 20.9 Å². The van der Waals surface area contributed by atoms with Crippen molar-refractivity contribution in [3.8, 4) is 5.75 Å². The monoisotopic (exact) mass is 376 g/mol. The Hall–Kier alpha value is -2.38. The molecular formula is C19H24N2O4S. The molecule has 2 N–H and O–H groups in total. The van der Waals surface area contributed by atoms with Crippen LogP contribution in [0, 0.1) is 6.92 Å². The predicted molar refractivity (Wildman–Crippen MR) is 101 cm³/mol. The predicted octanol–water partition coefficient (Wildman–Crippen LogP) is 2.65. The molecule has 140 valence electrons. The Balaban J connectivity index is 1.89. The lowest BCUT2D eigenvalue weighted by Crippen LogP contribution is -2.44. The summed E-state index contributed by atoms with van der Waals surface area (Å²) >= 11 is 0. The van der Waals surface area contributed by atoms with Gasteiger partial charge in [-0.05, 0) is 35.6 Å². The topological polar surface area (TPSA) is 84.5 Å². The van der Waals surface area contributed by atoms with Gasteiger partial charge in [-0.2, -0.15) is 0 Å². The zero-order valence-corrected chi connectivity index (χ0v) is 16.0. The standard InChI is InChI=1S/C19H24N2O4S/c1-14(2)17-10-9-15(3)11-18(17)25-12-19(22)20-21-26(23,24)13-16-7-5-4-6-8-16/h4-11,14,21H,12-13H2,1-3H3,(H,20,22). The van der Waals surface area contributed by atoms with Crippen molar-refractivity contribution in [2.45, 2.75) is 32.4 Å². The van der Waals surface area contributed by atoms with Crippen LogP contribution in [0.2, 0.25) is 0 Å². The minimum absolute atomic E-state index is 0.218. The first-order chi connectivity index (χ1) is 12.3. The quantitative estimate of drug-likeness (QED) is 0.694. The van der Waals surface area contributed by atoms with Crippen molar-refractivity contribution in [3.63, 3.8) is 0 Å². The molecule has 0 heterocycles. The number of ether oxygens (including phenoxy) is 1. The number of sulfonamides is 1. The highest BCUT2D eigenvalue weighted by Gasteiger charge is 2.14. The summed E-state index contributed by atoms with van der Waals surface area (Å²) in [7, 11) is -3.68. The van der Waals surface area contributed by atoms with E-state index in [0.29, 0.717) is 11.3 Å². The van der Waals surface area contributed by atoms with Gasteiger partial charge in [0.25, 0.3) is 5.91 Å². The molecule has 0 radical (unpaired) electrons. The van der Waals surface area contributed by atoms with Gasteiger partial charge in [-0.25, -0.2) is 8.42 Å². The van der Waals surface area contributed by atoms with E-state index in [2.05, 4.69) is 10.3 Å². The maximum absolute atomic E-state index is 12.0. The van der Waals surface area contributed by atoms with E-state index in [0.717, 1.165) is 11.1 Å². The number of nitrogens with one attached hydrogen (secondary N) is 2. The van der Waals surface area contributed by atoms with Crippen LogP contribution in [0.1, 0.15) is 36.5 Å². The highest BCUT2D eigenvalue weighted by molar-refractivity contribution is 7.88. The van der Waals surface area contributed by atoms with Gasteiger partial charge in [0.1, 0.15) is 5.75 Å². The van der Waals surface area contributed by atoms with Crippen molar-refractivity contribution in [2.24, 2.45) is 0 Å². The molecule has 2 aromatic carbocycles. The summed E-state index contributed by atoms with van der Waals surface area (Å²) in [5, 5.41) is 0. The van der Waals surface area contributed by atoms with Gasteiger partial charge in [-0.15, -0.1) is 4.83 Å². The minimum Gasteiger partial charge on any atom is -0.483 e. The molecule has 0 aromatic heterocycles. The van der Waals surface area contributed by atoms with Crippen LogP contribution in [0.15, 0.2) is 48.5 Å². The molecule has 0 atom stereocenters. The number of rotatable bonds is 8. The zero-order chi connectivity index (χ0) is 19.2. The molecule has 0 aliphatic heterocycles. The van der Waals surface area contributed by atoms with Crippen molar-refractivity contribution in [1.82, 2.24) is 10.3 Å². The molecule has 0 aliphatic rings. The van der Waals surface area contributed by atoms with Crippen molar-refractivity contribution in [2.75, 3.05) is 6.61 Å². The molecule has 0 saturated carbocycles. The lowest BCUT2D eigenvalue weighted by Gasteiger charge is -2.15. The summed E-state index contributed by atoms with van der Waals surface area (Å²) in [4.78, 5) is 14.0. The molecule has 6 nitrogen and oxygen atoms in total. The summed E-state index contributed by atoms with van der Waals surface area (Å²) in [6.07, 6.45) is 0. The van der Waals surface area contributed by atoms with E-state index in [1.54, 1.807) is 30.3 Å². The third kappa shape index (κ3) is 6.16. The van der Waals surface area contributed by atoms with E-state index in [1.807, 2.05) is 39.0 Å². The third-order valence-electron chi connectivity index (χ3n) is 3.70. The van der Waals surface area contributed by atoms with Crippen LogP contribution in [0.4, 0.5) is 0 Å². The number of carbonyl (C=O) groups excluding carboxylic acids is 1. The molecule has 0 bridgehead atoms. The highest BCUT2D eigenvalue weighted by atomic mass is 32.2. The Labute approximate surface area is 154 Å². The third-order valence-corrected chi connectivity index (χ3v) is 4.82. The van der Waals surface area contributed by atoms with Gasteiger partial charge in [0.15, 0.2) is 6.61 Å². The normalized spacial score (nSPS) is 11.4. The molecule has 0 saturated heterocycles.